The van der Waals surface area contributed by atoms with E-state index in [2.05, 4.69) is 49.5 Å². The predicted octanol–water partition coefficient (Wildman–Crippen LogP) is 3.19. The van der Waals surface area contributed by atoms with Crippen LogP contribution in [0.5, 0.6) is 0 Å². The maximum Gasteiger partial charge on any atom is 0.0833 e. The average Bonchev–Trinajstić information content (AvgIpc) is 2.81. The van der Waals surface area contributed by atoms with Gasteiger partial charge in [-0.3, -0.25) is 4.68 Å². The maximum absolute atomic E-state index is 4.32. The maximum atomic E-state index is 4.32. The molecule has 0 bridgehead atoms. The Morgan fingerprint density at radius 2 is 2.00 bits per heavy atom. The quantitative estimate of drug-likeness (QED) is 0.906. The lowest BCUT2D eigenvalue weighted by atomic mass is 9.62. The Bertz CT molecular complexity index is 436. The summed E-state index contributed by atoms with van der Waals surface area (Å²) in [5.74, 6) is 0.856. The Kier molecular flexibility index (Phi) is 5.07. The Labute approximate surface area is 129 Å². The average molecular weight is 292 g/mol. The van der Waals surface area contributed by atoms with E-state index >= 15 is 0 Å². The highest BCUT2D eigenvalue weighted by atomic mass is 15.4. The van der Waals surface area contributed by atoms with Gasteiger partial charge in [-0.2, -0.15) is 0 Å². The molecule has 1 aromatic heterocycles. The van der Waals surface area contributed by atoms with Crippen molar-refractivity contribution in [3.8, 4) is 0 Å². The minimum atomic E-state index is 0.369. The first kappa shape index (κ1) is 16.5. The van der Waals surface area contributed by atoms with Gasteiger partial charge in [-0.25, -0.2) is 0 Å². The third-order valence-corrected chi connectivity index (χ3v) is 5.23. The molecule has 4 heteroatoms. The number of nitrogens with zero attached hydrogens (tertiary/aromatic N) is 3. The Morgan fingerprint density at radius 3 is 2.48 bits per heavy atom. The van der Waals surface area contributed by atoms with E-state index < -0.39 is 0 Å². The van der Waals surface area contributed by atoms with E-state index in [1.165, 1.54) is 25.7 Å². The van der Waals surface area contributed by atoms with Crippen LogP contribution in [0.15, 0.2) is 6.20 Å². The Balaban J connectivity index is 2.05. The zero-order valence-electron chi connectivity index (χ0n) is 14.4. The Morgan fingerprint density at radius 1 is 1.33 bits per heavy atom. The van der Waals surface area contributed by atoms with Crippen LogP contribution in [0.3, 0.4) is 0 Å². The number of nitrogens with one attached hydrogen (secondary N) is 1. The van der Waals surface area contributed by atoms with Gasteiger partial charge in [-0.15, -0.1) is 5.10 Å². The number of rotatable bonds is 5. The van der Waals surface area contributed by atoms with Crippen molar-refractivity contribution in [2.45, 2.75) is 59.8 Å². The van der Waals surface area contributed by atoms with Crippen LogP contribution in [0, 0.1) is 16.7 Å². The van der Waals surface area contributed by atoms with Gasteiger partial charge >= 0.3 is 0 Å². The van der Waals surface area contributed by atoms with E-state index in [0.717, 1.165) is 31.1 Å². The topological polar surface area (TPSA) is 42.7 Å². The van der Waals surface area contributed by atoms with Crippen molar-refractivity contribution in [2.24, 2.45) is 23.8 Å². The van der Waals surface area contributed by atoms with Crippen LogP contribution in [-0.2, 0) is 13.5 Å². The van der Waals surface area contributed by atoms with Gasteiger partial charge in [0.2, 0.25) is 0 Å². The van der Waals surface area contributed by atoms with E-state index in [4.69, 9.17) is 0 Å². The van der Waals surface area contributed by atoms with Gasteiger partial charge < -0.3 is 5.32 Å². The highest BCUT2D eigenvalue weighted by Gasteiger charge is 2.39. The molecule has 0 atom stereocenters. The molecule has 0 spiro atoms. The zero-order valence-corrected chi connectivity index (χ0v) is 14.4. The molecule has 1 heterocycles. The summed E-state index contributed by atoms with van der Waals surface area (Å²) in [7, 11) is 1.95. The van der Waals surface area contributed by atoms with Crippen molar-refractivity contribution >= 4 is 0 Å². The van der Waals surface area contributed by atoms with Crippen molar-refractivity contribution in [1.29, 1.82) is 0 Å². The van der Waals surface area contributed by atoms with Crippen molar-refractivity contribution < 1.29 is 0 Å². The van der Waals surface area contributed by atoms with E-state index in [1.54, 1.807) is 0 Å². The zero-order chi connectivity index (χ0) is 15.5. The molecule has 1 fully saturated rings. The molecule has 1 aromatic rings. The lowest BCUT2D eigenvalue weighted by Crippen LogP contribution is -2.41. The fourth-order valence-corrected chi connectivity index (χ4v) is 3.76. The summed E-state index contributed by atoms with van der Waals surface area (Å²) in [6, 6.07) is 0. The molecule has 1 aliphatic carbocycles. The molecular formula is C17H32N4. The highest BCUT2D eigenvalue weighted by Crippen LogP contribution is 2.46. The molecule has 0 aromatic carbocycles. The van der Waals surface area contributed by atoms with Crippen molar-refractivity contribution in [1.82, 2.24) is 20.3 Å². The molecule has 4 nitrogen and oxygen atoms in total. The third-order valence-electron chi connectivity index (χ3n) is 5.23. The third kappa shape index (κ3) is 4.29. The molecule has 120 valence electrons. The normalized spacial score (nSPS) is 27.0. The van der Waals surface area contributed by atoms with Crippen LogP contribution in [-0.4, -0.2) is 28.1 Å². The highest BCUT2D eigenvalue weighted by molar-refractivity contribution is 5.02. The van der Waals surface area contributed by atoms with Crippen LogP contribution in [0.4, 0.5) is 0 Å². The minimum Gasteiger partial charge on any atom is -0.316 e. The fourth-order valence-electron chi connectivity index (χ4n) is 3.76. The minimum absolute atomic E-state index is 0.369. The van der Waals surface area contributed by atoms with Crippen LogP contribution in [0.2, 0.25) is 0 Å². The summed E-state index contributed by atoms with van der Waals surface area (Å²) in [6.07, 6.45) is 8.43. The van der Waals surface area contributed by atoms with Crippen LogP contribution in [0.25, 0.3) is 0 Å². The van der Waals surface area contributed by atoms with Gasteiger partial charge in [0.25, 0.3) is 0 Å². The molecule has 1 saturated carbocycles. The van der Waals surface area contributed by atoms with Gasteiger partial charge in [-0.1, -0.05) is 32.9 Å². The van der Waals surface area contributed by atoms with E-state index in [1.807, 2.05) is 11.7 Å². The SMILES string of the molecule is CCNCC1(Cc2cn(C)nn2)CCC(C(C)(C)C)CC1. The molecule has 0 unspecified atom stereocenters. The number of aryl methyl sites for hydroxylation is 1. The first-order valence-electron chi connectivity index (χ1n) is 8.40. The van der Waals surface area contributed by atoms with Gasteiger partial charge in [0, 0.05) is 19.8 Å². The van der Waals surface area contributed by atoms with Crippen molar-refractivity contribution in [3.05, 3.63) is 11.9 Å². The van der Waals surface area contributed by atoms with Crippen LogP contribution in [0.1, 0.15) is 59.1 Å². The summed E-state index contributed by atoms with van der Waals surface area (Å²) >= 11 is 0. The first-order valence-corrected chi connectivity index (χ1v) is 8.40. The summed E-state index contributed by atoms with van der Waals surface area (Å²) < 4.78 is 1.82. The Hall–Kier alpha value is -0.900. The second-order valence-corrected chi connectivity index (χ2v) is 7.98. The standard InChI is InChI=1S/C17H32N4/c1-6-18-13-17(11-15-12-21(5)20-19-15)9-7-14(8-10-17)16(2,3)4/h12,14,18H,6-11,13H2,1-5H3. The van der Waals surface area contributed by atoms with Gasteiger partial charge in [0.1, 0.15) is 0 Å². The van der Waals surface area contributed by atoms with Gasteiger partial charge in [-0.05, 0) is 55.4 Å². The summed E-state index contributed by atoms with van der Waals surface area (Å²) in [5, 5.41) is 12.0. The molecule has 0 radical (unpaired) electrons. The second-order valence-electron chi connectivity index (χ2n) is 7.98. The van der Waals surface area contributed by atoms with Gasteiger partial charge in [0.05, 0.1) is 5.69 Å². The summed E-state index contributed by atoms with van der Waals surface area (Å²) in [4.78, 5) is 0. The molecule has 1 aliphatic rings. The molecule has 21 heavy (non-hydrogen) atoms. The summed E-state index contributed by atoms with van der Waals surface area (Å²) in [5.41, 5.74) is 1.95. The first-order chi connectivity index (χ1) is 9.85. The fraction of sp³-hybridized carbons (Fsp3) is 0.882. The van der Waals surface area contributed by atoms with Crippen LogP contribution < -0.4 is 5.32 Å². The van der Waals surface area contributed by atoms with Crippen molar-refractivity contribution in [2.75, 3.05) is 13.1 Å². The molecule has 0 aliphatic heterocycles. The molecule has 2 rings (SSSR count). The second kappa shape index (κ2) is 6.47. The van der Waals surface area contributed by atoms with Crippen molar-refractivity contribution in [3.63, 3.8) is 0 Å². The molecular weight excluding hydrogens is 260 g/mol. The van der Waals surface area contributed by atoms with E-state index in [-0.39, 0.29) is 0 Å². The largest absolute Gasteiger partial charge is 0.316 e. The van der Waals surface area contributed by atoms with Crippen LogP contribution >= 0.6 is 0 Å². The number of aromatic nitrogens is 3. The summed E-state index contributed by atoms with van der Waals surface area (Å²) in [6.45, 7) is 11.5. The number of hydrogen-bond donors (Lipinski definition) is 1. The lowest BCUT2D eigenvalue weighted by molar-refractivity contribution is 0.0859. The predicted molar refractivity (Wildman–Crippen MR) is 87.1 cm³/mol. The molecule has 0 saturated heterocycles. The smallest absolute Gasteiger partial charge is 0.0833 e. The van der Waals surface area contributed by atoms with E-state index in [0.29, 0.717) is 10.8 Å². The number of hydrogen-bond acceptors (Lipinski definition) is 3. The van der Waals surface area contributed by atoms with E-state index in [9.17, 15) is 0 Å². The monoisotopic (exact) mass is 292 g/mol. The molecule has 0 amide bonds. The molecule has 1 N–H and O–H groups in total. The van der Waals surface area contributed by atoms with Gasteiger partial charge in [0.15, 0.2) is 0 Å². The lowest BCUT2D eigenvalue weighted by Gasteiger charge is -2.44.